The van der Waals surface area contributed by atoms with Gasteiger partial charge in [0.15, 0.2) is 6.61 Å². The van der Waals surface area contributed by atoms with Crippen LogP contribution in [0, 0.1) is 24.0 Å². The molecule has 130 valence electrons. The lowest BCUT2D eigenvalue weighted by Gasteiger charge is -2.11. The summed E-state index contributed by atoms with van der Waals surface area (Å²) in [6.45, 7) is 3.19. The zero-order chi connectivity index (χ0) is 18.6. The Kier molecular flexibility index (Phi) is 5.33. The molecule has 0 saturated carbocycles. The van der Waals surface area contributed by atoms with Crippen molar-refractivity contribution < 1.29 is 19.2 Å². The van der Waals surface area contributed by atoms with E-state index < -0.39 is 29.1 Å². The average Bonchev–Trinajstić information content (AvgIpc) is 2.56. The SMILES string of the molecule is Cc1cccc(C)c1NC(=O)COC(=O)c1ccc(N)c([N+](=O)[O-])c1. The van der Waals surface area contributed by atoms with Crippen molar-refractivity contribution in [3.8, 4) is 0 Å². The summed E-state index contributed by atoms with van der Waals surface area (Å²) >= 11 is 0. The molecule has 1 amide bonds. The van der Waals surface area contributed by atoms with Gasteiger partial charge in [0.2, 0.25) is 0 Å². The number of benzene rings is 2. The highest BCUT2D eigenvalue weighted by molar-refractivity contribution is 5.96. The van der Waals surface area contributed by atoms with Gasteiger partial charge in [0, 0.05) is 11.8 Å². The van der Waals surface area contributed by atoms with E-state index >= 15 is 0 Å². The number of ether oxygens (including phenoxy) is 1. The minimum Gasteiger partial charge on any atom is -0.452 e. The molecule has 8 nitrogen and oxygen atoms in total. The molecule has 0 bridgehead atoms. The van der Waals surface area contributed by atoms with Crippen molar-refractivity contribution >= 4 is 28.9 Å². The topological polar surface area (TPSA) is 125 Å². The molecule has 0 heterocycles. The summed E-state index contributed by atoms with van der Waals surface area (Å²) < 4.78 is 4.90. The Morgan fingerprint density at radius 3 is 2.44 bits per heavy atom. The van der Waals surface area contributed by atoms with Crippen LogP contribution in [0.15, 0.2) is 36.4 Å². The molecule has 2 rings (SSSR count). The Morgan fingerprint density at radius 1 is 1.20 bits per heavy atom. The maximum atomic E-state index is 12.0. The second kappa shape index (κ2) is 7.43. The van der Waals surface area contributed by atoms with E-state index in [1.54, 1.807) is 0 Å². The number of rotatable bonds is 5. The van der Waals surface area contributed by atoms with E-state index in [1.807, 2.05) is 32.0 Å². The van der Waals surface area contributed by atoms with Gasteiger partial charge in [-0.3, -0.25) is 14.9 Å². The van der Waals surface area contributed by atoms with Gasteiger partial charge in [0.25, 0.3) is 11.6 Å². The molecule has 25 heavy (non-hydrogen) atoms. The Balaban J connectivity index is 2.01. The van der Waals surface area contributed by atoms with Crippen molar-refractivity contribution in [2.75, 3.05) is 17.7 Å². The van der Waals surface area contributed by atoms with Gasteiger partial charge < -0.3 is 15.8 Å². The summed E-state index contributed by atoms with van der Waals surface area (Å²) in [6, 6.07) is 9.12. The number of hydrogen-bond donors (Lipinski definition) is 2. The van der Waals surface area contributed by atoms with Crippen molar-refractivity contribution in [3.63, 3.8) is 0 Å². The number of nitrogens with zero attached hydrogens (tertiary/aromatic N) is 1. The number of anilines is 2. The van der Waals surface area contributed by atoms with E-state index in [1.165, 1.54) is 12.1 Å². The monoisotopic (exact) mass is 343 g/mol. The van der Waals surface area contributed by atoms with Gasteiger partial charge in [-0.15, -0.1) is 0 Å². The molecular formula is C17H17N3O5. The third-order valence-electron chi connectivity index (χ3n) is 3.54. The number of aryl methyl sites for hydroxylation is 2. The molecule has 0 unspecified atom stereocenters. The first-order valence-corrected chi connectivity index (χ1v) is 7.36. The molecule has 2 aromatic rings. The van der Waals surface area contributed by atoms with Crippen molar-refractivity contribution in [2.24, 2.45) is 0 Å². The van der Waals surface area contributed by atoms with Crippen molar-refractivity contribution in [3.05, 3.63) is 63.2 Å². The van der Waals surface area contributed by atoms with Crippen LogP contribution in [-0.2, 0) is 9.53 Å². The summed E-state index contributed by atoms with van der Waals surface area (Å²) in [6.07, 6.45) is 0. The number of para-hydroxylation sites is 1. The normalized spacial score (nSPS) is 10.2. The Bertz CT molecular complexity index is 828. The molecular weight excluding hydrogens is 326 g/mol. The van der Waals surface area contributed by atoms with Gasteiger partial charge in [-0.05, 0) is 37.1 Å². The van der Waals surface area contributed by atoms with Crippen LogP contribution >= 0.6 is 0 Å². The molecule has 0 saturated heterocycles. The quantitative estimate of drug-likeness (QED) is 0.372. The van der Waals surface area contributed by atoms with Gasteiger partial charge in [-0.25, -0.2) is 4.79 Å². The van der Waals surface area contributed by atoms with Crippen LogP contribution in [0.25, 0.3) is 0 Å². The van der Waals surface area contributed by atoms with E-state index in [9.17, 15) is 19.7 Å². The van der Waals surface area contributed by atoms with E-state index in [4.69, 9.17) is 10.5 Å². The van der Waals surface area contributed by atoms with Crippen LogP contribution in [0.2, 0.25) is 0 Å². The number of carbonyl (C=O) groups excluding carboxylic acids is 2. The zero-order valence-corrected chi connectivity index (χ0v) is 13.7. The Labute approximate surface area is 143 Å². The maximum Gasteiger partial charge on any atom is 0.338 e. The lowest BCUT2D eigenvalue weighted by molar-refractivity contribution is -0.383. The highest BCUT2D eigenvalue weighted by Gasteiger charge is 2.17. The smallest absolute Gasteiger partial charge is 0.338 e. The molecule has 0 spiro atoms. The summed E-state index contributed by atoms with van der Waals surface area (Å²) in [7, 11) is 0. The first-order chi connectivity index (χ1) is 11.8. The molecule has 0 aromatic heterocycles. The van der Waals surface area contributed by atoms with Gasteiger partial charge in [0.05, 0.1) is 10.5 Å². The van der Waals surface area contributed by atoms with Crippen molar-refractivity contribution in [1.29, 1.82) is 0 Å². The van der Waals surface area contributed by atoms with Crippen molar-refractivity contribution in [2.45, 2.75) is 13.8 Å². The fourth-order valence-corrected chi connectivity index (χ4v) is 2.23. The van der Waals surface area contributed by atoms with E-state index in [0.29, 0.717) is 5.69 Å². The standard InChI is InChI=1S/C17H17N3O5/c1-10-4-3-5-11(2)16(10)19-15(21)9-25-17(22)12-6-7-13(18)14(8-12)20(23)24/h3-8H,9,18H2,1-2H3,(H,19,21). The fraction of sp³-hybridized carbons (Fsp3) is 0.176. The van der Waals surface area contributed by atoms with Crippen LogP contribution in [0.3, 0.4) is 0 Å². The highest BCUT2D eigenvalue weighted by atomic mass is 16.6. The number of nitrogens with one attached hydrogen (secondary N) is 1. The molecule has 8 heteroatoms. The third-order valence-corrected chi connectivity index (χ3v) is 3.54. The van der Waals surface area contributed by atoms with Crippen LogP contribution in [0.1, 0.15) is 21.5 Å². The number of nitro benzene ring substituents is 1. The second-order valence-electron chi connectivity index (χ2n) is 5.42. The highest BCUT2D eigenvalue weighted by Crippen LogP contribution is 2.23. The number of nitrogen functional groups attached to an aromatic ring is 1. The summed E-state index contributed by atoms with van der Waals surface area (Å²) in [5.41, 5.74) is 7.38. The molecule has 2 aromatic carbocycles. The van der Waals surface area contributed by atoms with Gasteiger partial charge in [-0.1, -0.05) is 18.2 Å². The number of amides is 1. The minimum absolute atomic E-state index is 0.0548. The molecule has 0 aliphatic heterocycles. The van der Waals surface area contributed by atoms with Crippen LogP contribution < -0.4 is 11.1 Å². The lowest BCUT2D eigenvalue weighted by atomic mass is 10.1. The lowest BCUT2D eigenvalue weighted by Crippen LogP contribution is -2.22. The third kappa shape index (κ3) is 4.31. The molecule has 0 aliphatic carbocycles. The van der Waals surface area contributed by atoms with Crippen LogP contribution in [0.5, 0.6) is 0 Å². The molecule has 3 N–H and O–H groups in total. The van der Waals surface area contributed by atoms with Crippen LogP contribution in [0.4, 0.5) is 17.1 Å². The number of carbonyl (C=O) groups is 2. The van der Waals surface area contributed by atoms with E-state index in [-0.39, 0.29) is 11.3 Å². The largest absolute Gasteiger partial charge is 0.452 e. The first-order valence-electron chi connectivity index (χ1n) is 7.36. The predicted molar refractivity (Wildman–Crippen MR) is 92.3 cm³/mol. The maximum absolute atomic E-state index is 12.0. The second-order valence-corrected chi connectivity index (χ2v) is 5.42. The zero-order valence-electron chi connectivity index (χ0n) is 13.7. The Hall–Kier alpha value is -3.42. The summed E-state index contributed by atoms with van der Waals surface area (Å²) in [4.78, 5) is 34.1. The fourth-order valence-electron chi connectivity index (χ4n) is 2.23. The summed E-state index contributed by atoms with van der Waals surface area (Å²) in [5, 5.41) is 13.5. The van der Waals surface area contributed by atoms with Gasteiger partial charge in [0.1, 0.15) is 5.69 Å². The van der Waals surface area contributed by atoms with E-state index in [0.717, 1.165) is 17.2 Å². The number of nitrogens with two attached hydrogens (primary N) is 1. The summed E-state index contributed by atoms with van der Waals surface area (Å²) in [5.74, 6) is -1.35. The van der Waals surface area contributed by atoms with Gasteiger partial charge >= 0.3 is 5.97 Å². The molecule has 0 radical (unpaired) electrons. The van der Waals surface area contributed by atoms with E-state index in [2.05, 4.69) is 5.32 Å². The average molecular weight is 343 g/mol. The van der Waals surface area contributed by atoms with Crippen molar-refractivity contribution in [1.82, 2.24) is 0 Å². The number of nitro groups is 1. The molecule has 0 fully saturated rings. The van der Waals surface area contributed by atoms with Crippen LogP contribution in [-0.4, -0.2) is 23.4 Å². The first kappa shape index (κ1) is 17.9. The van der Waals surface area contributed by atoms with Gasteiger partial charge in [-0.2, -0.15) is 0 Å². The molecule has 0 atom stereocenters. The predicted octanol–water partition coefficient (Wildman–Crippen LogP) is 2.59. The Morgan fingerprint density at radius 2 is 1.84 bits per heavy atom. The number of esters is 1. The minimum atomic E-state index is -0.847. The molecule has 0 aliphatic rings. The number of hydrogen-bond acceptors (Lipinski definition) is 6.